The van der Waals surface area contributed by atoms with Crippen molar-refractivity contribution in [2.45, 2.75) is 13.3 Å². The van der Waals surface area contributed by atoms with Crippen molar-refractivity contribution in [3.05, 3.63) is 71.8 Å². The van der Waals surface area contributed by atoms with Crippen molar-refractivity contribution in [3.8, 4) is 0 Å². The summed E-state index contributed by atoms with van der Waals surface area (Å²) in [5.41, 5.74) is 2.56. The summed E-state index contributed by atoms with van der Waals surface area (Å²) in [4.78, 5) is 36.6. The number of nitrogens with one attached hydrogen (secondary N) is 2. The van der Waals surface area contributed by atoms with E-state index in [2.05, 4.69) is 10.6 Å². The largest absolute Gasteiger partial charge is 0.550 e. The minimum atomic E-state index is -1.17. The van der Waals surface area contributed by atoms with Gasteiger partial charge in [0.2, 0.25) is 5.91 Å². The number of rotatable bonds is 5. The molecule has 2 bridgehead atoms. The molecule has 0 aliphatic heterocycles. The fraction of sp³-hybridized carbons (Fsp3) is 0.261. The van der Waals surface area contributed by atoms with E-state index < -0.39 is 17.8 Å². The third-order valence-electron chi connectivity index (χ3n) is 5.81. The molecule has 0 radical (unpaired) electrons. The van der Waals surface area contributed by atoms with Crippen LogP contribution in [0.3, 0.4) is 0 Å². The summed E-state index contributed by atoms with van der Waals surface area (Å²) in [6, 6.07) is 14.1. The fourth-order valence-electron chi connectivity index (χ4n) is 4.39. The number of amides is 2. The summed E-state index contributed by atoms with van der Waals surface area (Å²) in [5, 5.41) is 17.2. The van der Waals surface area contributed by atoms with Crippen LogP contribution in [0.4, 0.5) is 11.4 Å². The first kappa shape index (κ1) is 18.9. The lowest BCUT2D eigenvalue weighted by Gasteiger charge is -2.27. The first-order valence-electron chi connectivity index (χ1n) is 9.61. The van der Waals surface area contributed by atoms with Crippen molar-refractivity contribution < 1.29 is 19.5 Å². The summed E-state index contributed by atoms with van der Waals surface area (Å²) >= 11 is 0. The summed E-state index contributed by atoms with van der Waals surface area (Å²) in [6.45, 7) is 1.83. The maximum Gasteiger partial charge on any atom is 0.255 e. The Balaban J connectivity index is 1.46. The number of aliphatic carboxylic acids is 1. The maximum atomic E-state index is 12.8. The Morgan fingerprint density at radius 1 is 0.931 bits per heavy atom. The monoisotopic (exact) mass is 389 g/mol. The molecule has 148 valence electrons. The highest BCUT2D eigenvalue weighted by atomic mass is 16.4. The van der Waals surface area contributed by atoms with Gasteiger partial charge in [0.1, 0.15) is 0 Å². The van der Waals surface area contributed by atoms with Crippen LogP contribution >= 0.6 is 0 Å². The second-order valence-electron chi connectivity index (χ2n) is 7.66. The first-order chi connectivity index (χ1) is 13.9. The molecule has 1 fully saturated rings. The molecule has 0 saturated heterocycles. The van der Waals surface area contributed by atoms with Gasteiger partial charge >= 0.3 is 0 Å². The van der Waals surface area contributed by atoms with E-state index in [-0.39, 0.29) is 23.7 Å². The molecular weight excluding hydrogens is 368 g/mol. The van der Waals surface area contributed by atoms with E-state index >= 15 is 0 Å². The van der Waals surface area contributed by atoms with Gasteiger partial charge in [0, 0.05) is 28.8 Å². The van der Waals surface area contributed by atoms with Gasteiger partial charge in [0.15, 0.2) is 0 Å². The van der Waals surface area contributed by atoms with E-state index in [0.717, 1.165) is 5.56 Å². The zero-order chi connectivity index (χ0) is 20.5. The average Bonchev–Trinajstić information content (AvgIpc) is 3.32. The second-order valence-corrected chi connectivity index (χ2v) is 7.66. The van der Waals surface area contributed by atoms with Gasteiger partial charge < -0.3 is 20.5 Å². The third-order valence-corrected chi connectivity index (χ3v) is 5.81. The van der Waals surface area contributed by atoms with Crippen molar-refractivity contribution in [1.29, 1.82) is 0 Å². The topological polar surface area (TPSA) is 98.3 Å². The van der Waals surface area contributed by atoms with Crippen LogP contribution in [0.5, 0.6) is 0 Å². The van der Waals surface area contributed by atoms with E-state index in [4.69, 9.17) is 0 Å². The summed E-state index contributed by atoms with van der Waals surface area (Å²) < 4.78 is 0. The number of fused-ring (bicyclic) bond motifs is 2. The molecule has 2 amide bonds. The Bertz CT molecular complexity index is 999. The molecule has 2 aliphatic carbocycles. The zero-order valence-corrected chi connectivity index (χ0v) is 15.9. The minimum absolute atomic E-state index is 0.0616. The van der Waals surface area contributed by atoms with Crippen LogP contribution in [-0.4, -0.2) is 17.8 Å². The molecular formula is C23H21N2O4-. The Hall–Kier alpha value is -3.41. The van der Waals surface area contributed by atoms with Crippen LogP contribution in [0.1, 0.15) is 22.3 Å². The molecule has 4 rings (SSSR count). The molecule has 2 aliphatic rings. The number of benzene rings is 2. The highest BCUT2D eigenvalue weighted by molar-refractivity contribution is 6.05. The van der Waals surface area contributed by atoms with Gasteiger partial charge in [0.25, 0.3) is 5.91 Å². The number of aryl methyl sites for hydroxylation is 1. The van der Waals surface area contributed by atoms with E-state index in [1.165, 1.54) is 0 Å². The van der Waals surface area contributed by atoms with E-state index in [1.54, 1.807) is 42.5 Å². The van der Waals surface area contributed by atoms with Crippen molar-refractivity contribution in [3.63, 3.8) is 0 Å². The molecule has 4 atom stereocenters. The minimum Gasteiger partial charge on any atom is -0.550 e. The second kappa shape index (κ2) is 7.54. The summed E-state index contributed by atoms with van der Waals surface area (Å²) in [5.74, 6) is -3.28. The highest BCUT2D eigenvalue weighted by Gasteiger charge is 2.48. The third kappa shape index (κ3) is 3.66. The Kier molecular flexibility index (Phi) is 4.92. The SMILES string of the molecule is Cc1cc(NC(=O)[C@H]2[C@@H](C(=O)[O-])[C@H]3C=C[C@@H]2C3)ccc1NC(=O)c1ccccc1. The molecule has 6 heteroatoms. The van der Waals surface area contributed by atoms with E-state index in [9.17, 15) is 19.5 Å². The van der Waals surface area contributed by atoms with E-state index in [0.29, 0.717) is 23.4 Å². The van der Waals surface area contributed by atoms with Crippen LogP contribution in [0.15, 0.2) is 60.7 Å². The molecule has 0 unspecified atom stereocenters. The van der Waals surface area contributed by atoms with Gasteiger partial charge in [-0.25, -0.2) is 0 Å². The summed E-state index contributed by atoms with van der Waals surface area (Å²) in [7, 11) is 0. The van der Waals surface area contributed by atoms with Crippen LogP contribution in [-0.2, 0) is 9.59 Å². The standard InChI is InChI=1S/C23H22N2O4/c1-13-11-17(9-10-18(13)25-21(26)14-5-3-2-4-6-14)24-22(27)19-15-7-8-16(12-15)20(19)23(28)29/h2-11,15-16,19-20H,12H2,1H3,(H,24,27)(H,25,26)(H,28,29)/p-1/t15-,16+,19-,20+/m1/s1. The number of hydrogen-bond acceptors (Lipinski definition) is 4. The highest BCUT2D eigenvalue weighted by Crippen LogP contribution is 2.48. The molecule has 0 spiro atoms. The molecule has 1 saturated carbocycles. The van der Waals surface area contributed by atoms with Crippen LogP contribution in [0.2, 0.25) is 0 Å². The van der Waals surface area contributed by atoms with Crippen LogP contribution < -0.4 is 15.7 Å². The van der Waals surface area contributed by atoms with Gasteiger partial charge in [-0.1, -0.05) is 30.4 Å². The number of carbonyl (C=O) groups is 3. The van der Waals surface area contributed by atoms with Gasteiger partial charge in [0.05, 0.1) is 5.92 Å². The lowest BCUT2D eigenvalue weighted by atomic mass is 9.82. The lowest BCUT2D eigenvalue weighted by Crippen LogP contribution is -2.42. The number of hydrogen-bond donors (Lipinski definition) is 2. The Morgan fingerprint density at radius 3 is 2.28 bits per heavy atom. The smallest absolute Gasteiger partial charge is 0.255 e. The molecule has 2 N–H and O–H groups in total. The van der Waals surface area contributed by atoms with Gasteiger partial charge in [-0.15, -0.1) is 0 Å². The number of allylic oxidation sites excluding steroid dienone is 2. The number of carboxylic acid groups (broad SMARTS) is 1. The number of carbonyl (C=O) groups excluding carboxylic acids is 3. The molecule has 0 heterocycles. The first-order valence-corrected chi connectivity index (χ1v) is 9.61. The van der Waals surface area contributed by atoms with E-state index in [1.807, 2.05) is 25.1 Å². The van der Waals surface area contributed by atoms with Gasteiger partial charge in [-0.3, -0.25) is 9.59 Å². The quantitative estimate of drug-likeness (QED) is 0.767. The Morgan fingerprint density at radius 2 is 1.62 bits per heavy atom. The normalized spacial score (nSPS) is 24.3. The predicted molar refractivity (Wildman–Crippen MR) is 107 cm³/mol. The predicted octanol–water partition coefficient (Wildman–Crippen LogP) is 2.37. The van der Waals surface area contributed by atoms with Crippen molar-refractivity contribution in [2.75, 3.05) is 10.6 Å². The molecule has 29 heavy (non-hydrogen) atoms. The number of carboxylic acids is 1. The molecule has 2 aromatic rings. The fourth-order valence-corrected chi connectivity index (χ4v) is 4.39. The molecule has 6 nitrogen and oxygen atoms in total. The zero-order valence-electron chi connectivity index (χ0n) is 15.9. The molecule has 0 aromatic heterocycles. The van der Waals surface area contributed by atoms with Crippen molar-refractivity contribution in [2.24, 2.45) is 23.7 Å². The van der Waals surface area contributed by atoms with Gasteiger partial charge in [-0.05, 0) is 61.1 Å². The average molecular weight is 389 g/mol. The maximum absolute atomic E-state index is 12.8. The number of anilines is 2. The molecule has 2 aromatic carbocycles. The van der Waals surface area contributed by atoms with Gasteiger partial charge in [-0.2, -0.15) is 0 Å². The lowest BCUT2D eigenvalue weighted by molar-refractivity contribution is -0.313. The van der Waals surface area contributed by atoms with Crippen molar-refractivity contribution >= 4 is 29.2 Å². The van der Waals surface area contributed by atoms with Crippen LogP contribution in [0, 0.1) is 30.6 Å². The Labute approximate surface area is 168 Å². The van der Waals surface area contributed by atoms with Crippen LogP contribution in [0.25, 0.3) is 0 Å². The van der Waals surface area contributed by atoms with Crippen molar-refractivity contribution in [1.82, 2.24) is 0 Å². The summed E-state index contributed by atoms with van der Waals surface area (Å²) in [6.07, 6.45) is 4.49.